The Bertz CT molecular complexity index is 934. The second kappa shape index (κ2) is 10.6. The van der Waals surface area contributed by atoms with Crippen LogP contribution in [-0.4, -0.2) is 44.0 Å². The van der Waals surface area contributed by atoms with Crippen LogP contribution in [0, 0.1) is 0 Å². The molecule has 1 saturated heterocycles. The van der Waals surface area contributed by atoms with Crippen molar-refractivity contribution in [1.29, 1.82) is 0 Å². The number of carbonyl (C=O) groups is 1. The van der Waals surface area contributed by atoms with Crippen molar-refractivity contribution in [2.24, 2.45) is 0 Å². The Morgan fingerprint density at radius 3 is 2.83 bits per heavy atom. The first kappa shape index (κ1) is 23.1. The van der Waals surface area contributed by atoms with Crippen LogP contribution in [0.2, 0.25) is 0 Å². The van der Waals surface area contributed by atoms with Gasteiger partial charge >= 0.3 is 0 Å². The van der Waals surface area contributed by atoms with Gasteiger partial charge in [-0.15, -0.1) is 29.9 Å². The molecule has 0 saturated carbocycles. The number of hydrogen-bond acceptors (Lipinski definition) is 5. The van der Waals surface area contributed by atoms with Gasteiger partial charge in [0, 0.05) is 12.1 Å². The summed E-state index contributed by atoms with van der Waals surface area (Å²) in [5.74, 6) is 0.737. The summed E-state index contributed by atoms with van der Waals surface area (Å²) in [5, 5.41) is 14.4. The van der Waals surface area contributed by atoms with Crippen LogP contribution in [-0.2, 0) is 6.42 Å². The molecule has 3 heterocycles. The topological polar surface area (TPSA) is 101 Å². The first-order chi connectivity index (χ1) is 13.2. The molecule has 1 aliphatic rings. The number of benzene rings is 1. The number of nitrogens with zero attached hydrogens (tertiary/aromatic N) is 4. The second-order valence-electron chi connectivity index (χ2n) is 7.04. The molecule has 3 N–H and O–H groups in total. The lowest BCUT2D eigenvalue weighted by Gasteiger charge is -2.22. The van der Waals surface area contributed by atoms with E-state index in [0.717, 1.165) is 67.7 Å². The smallest absolute Gasteiger partial charge is 0.277 e. The maximum atomic E-state index is 12.5. The minimum Gasteiger partial charge on any atom is -0.342 e. The molecule has 1 aromatic carbocycles. The normalized spacial score (nSPS) is 14.2. The summed E-state index contributed by atoms with van der Waals surface area (Å²) < 4.78 is 1.81. The number of fused-ring (bicyclic) bond motifs is 1. The molecule has 2 aromatic heterocycles. The van der Waals surface area contributed by atoms with Gasteiger partial charge in [0.05, 0.1) is 23.3 Å². The van der Waals surface area contributed by atoms with E-state index in [9.17, 15) is 4.79 Å². The van der Waals surface area contributed by atoms with Crippen molar-refractivity contribution < 1.29 is 4.79 Å². The van der Waals surface area contributed by atoms with Gasteiger partial charge in [-0.1, -0.05) is 18.6 Å². The van der Waals surface area contributed by atoms with Gasteiger partial charge in [0.25, 0.3) is 5.91 Å². The highest BCUT2D eigenvalue weighted by atomic mass is 35.5. The first-order valence-corrected chi connectivity index (χ1v) is 9.65. The van der Waals surface area contributed by atoms with Gasteiger partial charge < -0.3 is 15.6 Å². The van der Waals surface area contributed by atoms with Crippen LogP contribution in [0.1, 0.15) is 55.0 Å². The number of anilines is 1. The van der Waals surface area contributed by atoms with Crippen LogP contribution < -0.4 is 10.6 Å². The van der Waals surface area contributed by atoms with Gasteiger partial charge in [0.2, 0.25) is 0 Å². The molecule has 0 radical (unpaired) electrons. The lowest BCUT2D eigenvalue weighted by atomic mass is 10.1. The average Bonchev–Trinajstić information content (AvgIpc) is 3.34. The maximum Gasteiger partial charge on any atom is 0.277 e. The zero-order chi connectivity index (χ0) is 18.6. The second-order valence-corrected chi connectivity index (χ2v) is 7.04. The van der Waals surface area contributed by atoms with E-state index in [1.165, 1.54) is 0 Å². The summed E-state index contributed by atoms with van der Waals surface area (Å²) in [7, 11) is 0. The average molecular weight is 440 g/mol. The Hall–Kier alpha value is -2.16. The summed E-state index contributed by atoms with van der Waals surface area (Å²) in [5.41, 5.74) is 2.89. The minimum absolute atomic E-state index is 0. The molecule has 0 unspecified atom stereocenters. The number of imidazole rings is 1. The van der Waals surface area contributed by atoms with Crippen LogP contribution in [0.4, 0.5) is 5.69 Å². The standard InChI is InChI=1S/C19H25N7O.2ClH/c1-2-3-4-18-22-15-6-5-13(11-16(15)23-18)21-19(27)17-12-26(25-24-17)14-7-9-20-10-8-14;;/h5-6,11-12,14,20H,2-4,7-10H2,1H3,(H,21,27)(H,22,23);2*1H. The lowest BCUT2D eigenvalue weighted by Crippen LogP contribution is -2.29. The van der Waals surface area contributed by atoms with E-state index in [1.54, 1.807) is 6.20 Å². The highest BCUT2D eigenvalue weighted by Crippen LogP contribution is 2.20. The van der Waals surface area contributed by atoms with Crippen LogP contribution in [0.15, 0.2) is 24.4 Å². The maximum absolute atomic E-state index is 12.5. The van der Waals surface area contributed by atoms with E-state index >= 15 is 0 Å². The predicted octanol–water partition coefficient (Wildman–Crippen LogP) is 3.52. The largest absolute Gasteiger partial charge is 0.342 e. The quantitative estimate of drug-likeness (QED) is 0.545. The molecule has 29 heavy (non-hydrogen) atoms. The summed E-state index contributed by atoms with van der Waals surface area (Å²) in [6, 6.07) is 6.00. The number of halogens is 2. The number of H-pyrrole nitrogens is 1. The van der Waals surface area contributed by atoms with Gasteiger partial charge in [-0.3, -0.25) is 4.79 Å². The Labute approximate surface area is 182 Å². The third-order valence-corrected chi connectivity index (χ3v) is 4.98. The molecule has 1 fully saturated rings. The highest BCUT2D eigenvalue weighted by molar-refractivity contribution is 6.03. The summed E-state index contributed by atoms with van der Waals surface area (Å²) >= 11 is 0. The minimum atomic E-state index is -0.250. The number of nitrogens with one attached hydrogen (secondary N) is 3. The van der Waals surface area contributed by atoms with Crippen molar-refractivity contribution in [1.82, 2.24) is 30.3 Å². The first-order valence-electron chi connectivity index (χ1n) is 9.65. The number of amides is 1. The Kier molecular flexibility index (Phi) is 8.43. The Morgan fingerprint density at radius 1 is 1.28 bits per heavy atom. The van der Waals surface area contributed by atoms with Gasteiger partial charge in [-0.2, -0.15) is 0 Å². The molecular weight excluding hydrogens is 413 g/mol. The van der Waals surface area contributed by atoms with E-state index in [2.05, 4.69) is 37.8 Å². The number of piperidine rings is 1. The van der Waals surface area contributed by atoms with Crippen molar-refractivity contribution in [3.05, 3.63) is 35.9 Å². The molecule has 0 aliphatic carbocycles. The molecule has 158 valence electrons. The van der Waals surface area contributed by atoms with E-state index in [0.29, 0.717) is 11.7 Å². The monoisotopic (exact) mass is 439 g/mol. The van der Waals surface area contributed by atoms with Crippen LogP contribution in [0.25, 0.3) is 11.0 Å². The third kappa shape index (κ3) is 5.46. The SMILES string of the molecule is CCCCc1nc2ccc(NC(=O)c3cn(C4CCNCC4)nn3)cc2[nH]1.Cl.Cl. The van der Waals surface area contributed by atoms with Gasteiger partial charge in [-0.25, -0.2) is 9.67 Å². The number of aromatic amines is 1. The molecular formula is C19H27Cl2N7O. The number of rotatable bonds is 6. The van der Waals surface area contributed by atoms with E-state index in [4.69, 9.17) is 0 Å². The zero-order valence-corrected chi connectivity index (χ0v) is 18.0. The van der Waals surface area contributed by atoms with Gasteiger partial charge in [0.1, 0.15) is 5.82 Å². The fraction of sp³-hybridized carbons (Fsp3) is 0.474. The predicted molar refractivity (Wildman–Crippen MR) is 118 cm³/mol. The molecule has 1 amide bonds. The van der Waals surface area contributed by atoms with Crippen molar-refractivity contribution in [3.63, 3.8) is 0 Å². The number of hydrogen-bond donors (Lipinski definition) is 3. The molecule has 10 heteroatoms. The van der Waals surface area contributed by atoms with Gasteiger partial charge in [0.15, 0.2) is 5.69 Å². The Balaban J connectivity index is 0.00000150. The lowest BCUT2D eigenvalue weighted by molar-refractivity contribution is 0.102. The number of aryl methyl sites for hydroxylation is 1. The van der Waals surface area contributed by atoms with Crippen molar-refractivity contribution in [2.75, 3.05) is 18.4 Å². The molecule has 1 aliphatic heterocycles. The third-order valence-electron chi connectivity index (χ3n) is 4.98. The zero-order valence-electron chi connectivity index (χ0n) is 16.4. The van der Waals surface area contributed by atoms with Crippen LogP contribution in [0.3, 0.4) is 0 Å². The Morgan fingerprint density at radius 2 is 2.07 bits per heavy atom. The van der Waals surface area contributed by atoms with Crippen LogP contribution >= 0.6 is 24.8 Å². The molecule has 0 bridgehead atoms. The number of unbranched alkanes of at least 4 members (excludes halogenated alkanes) is 1. The van der Waals surface area contributed by atoms with Crippen molar-refractivity contribution >= 4 is 47.4 Å². The highest BCUT2D eigenvalue weighted by Gasteiger charge is 2.19. The number of aromatic nitrogens is 5. The van der Waals surface area contributed by atoms with Gasteiger partial charge in [-0.05, 0) is 50.6 Å². The van der Waals surface area contributed by atoms with E-state index in [1.807, 2.05) is 22.9 Å². The molecule has 0 spiro atoms. The summed E-state index contributed by atoms with van der Waals surface area (Å²) in [6.07, 6.45) is 6.92. The molecule has 0 atom stereocenters. The van der Waals surface area contributed by atoms with E-state index < -0.39 is 0 Å². The molecule has 4 rings (SSSR count). The van der Waals surface area contributed by atoms with Crippen molar-refractivity contribution in [2.45, 2.75) is 45.1 Å². The summed E-state index contributed by atoms with van der Waals surface area (Å²) in [4.78, 5) is 20.4. The molecule has 3 aromatic rings. The number of carbonyl (C=O) groups excluding carboxylic acids is 1. The van der Waals surface area contributed by atoms with E-state index in [-0.39, 0.29) is 30.7 Å². The fourth-order valence-corrected chi connectivity index (χ4v) is 3.43. The van der Waals surface area contributed by atoms with Crippen molar-refractivity contribution in [3.8, 4) is 0 Å². The summed E-state index contributed by atoms with van der Waals surface area (Å²) in [6.45, 7) is 4.10. The fourth-order valence-electron chi connectivity index (χ4n) is 3.43. The molecule has 8 nitrogen and oxygen atoms in total. The van der Waals surface area contributed by atoms with Crippen LogP contribution in [0.5, 0.6) is 0 Å².